The first-order chi connectivity index (χ1) is 19.1. The molecule has 0 aliphatic carbocycles. The van der Waals surface area contributed by atoms with Crippen molar-refractivity contribution < 1.29 is 22.7 Å². The quantitative estimate of drug-likeness (QED) is 0.286. The number of anilines is 1. The zero-order chi connectivity index (χ0) is 30.5. The zero-order valence-corrected chi connectivity index (χ0v) is 26.4. The van der Waals surface area contributed by atoms with E-state index in [1.807, 2.05) is 20.8 Å². The summed E-state index contributed by atoms with van der Waals surface area (Å²) in [6, 6.07) is 16.0. The third-order valence-electron chi connectivity index (χ3n) is 6.05. The van der Waals surface area contributed by atoms with Crippen molar-refractivity contribution in [3.05, 3.63) is 87.4 Å². The fourth-order valence-corrected chi connectivity index (χ4v) is 6.10. The summed E-state index contributed by atoms with van der Waals surface area (Å²) in [5, 5.41) is 3.74. The summed E-state index contributed by atoms with van der Waals surface area (Å²) < 4.78 is 33.9. The summed E-state index contributed by atoms with van der Waals surface area (Å²) in [4.78, 5) is 28.5. The minimum Gasteiger partial charge on any atom is -0.495 e. The Labute approximate surface area is 256 Å². The first-order valence-corrected chi connectivity index (χ1v) is 15.2. The van der Waals surface area contributed by atoms with Gasteiger partial charge in [0.25, 0.3) is 10.0 Å². The highest BCUT2D eigenvalue weighted by molar-refractivity contribution is 7.92. The van der Waals surface area contributed by atoms with Crippen LogP contribution in [0.3, 0.4) is 0 Å². The van der Waals surface area contributed by atoms with Crippen LogP contribution in [0.25, 0.3) is 0 Å². The second kappa shape index (κ2) is 13.3. The predicted octanol–water partition coefficient (Wildman–Crippen LogP) is 6.18. The Kier molecular flexibility index (Phi) is 10.6. The lowest BCUT2D eigenvalue weighted by Gasteiger charge is -2.33. The van der Waals surface area contributed by atoms with Gasteiger partial charge in [-0.2, -0.15) is 0 Å². The fourth-order valence-electron chi connectivity index (χ4n) is 3.95. The van der Waals surface area contributed by atoms with E-state index in [1.54, 1.807) is 37.3 Å². The predicted molar refractivity (Wildman–Crippen MR) is 163 cm³/mol. The number of ether oxygens (including phenoxy) is 1. The van der Waals surface area contributed by atoms with Gasteiger partial charge in [-0.1, -0.05) is 59.1 Å². The Morgan fingerprint density at radius 2 is 1.61 bits per heavy atom. The minimum atomic E-state index is -4.24. The molecule has 1 unspecified atom stereocenters. The lowest BCUT2D eigenvalue weighted by molar-refractivity contribution is -0.140. The topological polar surface area (TPSA) is 96.0 Å². The number of halogens is 3. The van der Waals surface area contributed by atoms with Crippen LogP contribution in [0, 0.1) is 0 Å². The molecule has 0 saturated heterocycles. The number of carbonyl (C=O) groups is 2. The average Bonchev–Trinajstić information content (AvgIpc) is 2.90. The Balaban J connectivity index is 2.08. The van der Waals surface area contributed by atoms with Gasteiger partial charge >= 0.3 is 0 Å². The van der Waals surface area contributed by atoms with E-state index in [2.05, 4.69) is 5.32 Å². The molecule has 0 heterocycles. The Morgan fingerprint density at radius 1 is 0.951 bits per heavy atom. The molecule has 12 heteroatoms. The van der Waals surface area contributed by atoms with Crippen LogP contribution in [0.1, 0.15) is 33.3 Å². The molecule has 0 saturated carbocycles. The van der Waals surface area contributed by atoms with Crippen molar-refractivity contribution in [3.63, 3.8) is 0 Å². The maximum Gasteiger partial charge on any atom is 0.264 e. The molecule has 3 aromatic carbocycles. The molecule has 0 radical (unpaired) electrons. The minimum absolute atomic E-state index is 0.0226. The van der Waals surface area contributed by atoms with Gasteiger partial charge in [0.05, 0.1) is 22.7 Å². The van der Waals surface area contributed by atoms with Crippen molar-refractivity contribution in [1.82, 2.24) is 10.2 Å². The number of nitrogens with zero attached hydrogens (tertiary/aromatic N) is 2. The smallest absolute Gasteiger partial charge is 0.264 e. The number of sulfonamides is 1. The maximum atomic E-state index is 14.0. The van der Waals surface area contributed by atoms with Gasteiger partial charge in [0.2, 0.25) is 11.8 Å². The third kappa shape index (κ3) is 8.29. The maximum absolute atomic E-state index is 14.0. The number of rotatable bonds is 10. The monoisotopic (exact) mass is 639 g/mol. The first kappa shape index (κ1) is 32.5. The largest absolute Gasteiger partial charge is 0.495 e. The highest BCUT2D eigenvalue weighted by Crippen LogP contribution is 2.32. The summed E-state index contributed by atoms with van der Waals surface area (Å²) >= 11 is 18.8. The molecule has 0 aliphatic rings. The fraction of sp³-hybridized carbons (Fsp3) is 0.310. The van der Waals surface area contributed by atoms with Crippen molar-refractivity contribution in [1.29, 1.82) is 0 Å². The summed E-state index contributed by atoms with van der Waals surface area (Å²) in [5.74, 6) is -0.717. The molecule has 0 aromatic heterocycles. The number of methoxy groups -OCH3 is 1. The van der Waals surface area contributed by atoms with Crippen LogP contribution in [0.15, 0.2) is 71.6 Å². The van der Waals surface area contributed by atoms with E-state index < -0.39 is 40.0 Å². The Hall–Kier alpha value is -2.98. The standard InChI is InChI=1S/C29H32Cl3N3O5S/c1-19(28(37)33-29(2,3)4)34(17-20-11-12-21(30)15-24(20)31)27(36)18-35(22-13-14-26(40-5)25(32)16-22)41(38,39)23-9-7-6-8-10-23/h6-16,19H,17-18H2,1-5H3,(H,33,37). The molecular weight excluding hydrogens is 609 g/mol. The van der Waals surface area contributed by atoms with E-state index in [1.165, 1.54) is 48.4 Å². The van der Waals surface area contributed by atoms with Crippen LogP contribution in [0.5, 0.6) is 5.75 Å². The summed E-state index contributed by atoms with van der Waals surface area (Å²) in [6.07, 6.45) is 0. The number of hydrogen-bond donors (Lipinski definition) is 1. The van der Waals surface area contributed by atoms with Crippen molar-refractivity contribution in [2.24, 2.45) is 0 Å². The van der Waals surface area contributed by atoms with E-state index in [9.17, 15) is 18.0 Å². The summed E-state index contributed by atoms with van der Waals surface area (Å²) in [7, 11) is -2.80. The highest BCUT2D eigenvalue weighted by Gasteiger charge is 2.34. The number of carbonyl (C=O) groups excluding carboxylic acids is 2. The summed E-state index contributed by atoms with van der Waals surface area (Å²) in [5.41, 5.74) is 0.106. The van der Waals surface area contributed by atoms with E-state index in [-0.39, 0.29) is 22.2 Å². The molecular formula is C29H32Cl3N3O5S. The lowest BCUT2D eigenvalue weighted by atomic mass is 10.1. The zero-order valence-electron chi connectivity index (χ0n) is 23.3. The molecule has 0 fully saturated rings. The SMILES string of the molecule is COc1ccc(N(CC(=O)N(Cc2ccc(Cl)cc2Cl)C(C)C(=O)NC(C)(C)C)S(=O)(=O)c2ccccc2)cc1Cl. The second-order valence-corrected chi connectivity index (χ2v) is 13.4. The van der Waals surface area contributed by atoms with Crippen LogP contribution in [0.2, 0.25) is 15.1 Å². The molecule has 41 heavy (non-hydrogen) atoms. The van der Waals surface area contributed by atoms with Gasteiger partial charge in [0.15, 0.2) is 0 Å². The summed E-state index contributed by atoms with van der Waals surface area (Å²) in [6.45, 7) is 6.34. The number of hydrogen-bond acceptors (Lipinski definition) is 5. The Bertz CT molecular complexity index is 1510. The van der Waals surface area contributed by atoms with E-state index >= 15 is 0 Å². The van der Waals surface area contributed by atoms with Crippen molar-refractivity contribution >= 4 is 62.3 Å². The average molecular weight is 641 g/mol. The van der Waals surface area contributed by atoms with Crippen LogP contribution in [-0.4, -0.2) is 50.4 Å². The van der Waals surface area contributed by atoms with Gasteiger partial charge in [-0.15, -0.1) is 0 Å². The van der Waals surface area contributed by atoms with Gasteiger partial charge in [-0.05, 0) is 75.7 Å². The molecule has 8 nitrogen and oxygen atoms in total. The van der Waals surface area contributed by atoms with E-state index in [4.69, 9.17) is 39.5 Å². The first-order valence-electron chi connectivity index (χ1n) is 12.6. The van der Waals surface area contributed by atoms with Gasteiger partial charge in [-0.3, -0.25) is 13.9 Å². The molecule has 2 amide bonds. The van der Waals surface area contributed by atoms with Gasteiger partial charge in [0, 0.05) is 22.1 Å². The number of benzene rings is 3. The van der Waals surface area contributed by atoms with Gasteiger partial charge in [0.1, 0.15) is 18.3 Å². The lowest BCUT2D eigenvalue weighted by Crippen LogP contribution is -2.54. The second-order valence-electron chi connectivity index (χ2n) is 10.3. The molecule has 0 spiro atoms. The molecule has 1 N–H and O–H groups in total. The normalized spacial score (nSPS) is 12.4. The molecule has 0 bridgehead atoms. The molecule has 3 rings (SSSR count). The molecule has 220 valence electrons. The molecule has 1 atom stereocenters. The molecule has 0 aliphatic heterocycles. The van der Waals surface area contributed by atoms with E-state index in [0.717, 1.165) is 4.31 Å². The van der Waals surface area contributed by atoms with Crippen LogP contribution < -0.4 is 14.4 Å². The van der Waals surface area contributed by atoms with Crippen molar-refractivity contribution in [2.75, 3.05) is 18.0 Å². The Morgan fingerprint density at radius 3 is 2.17 bits per heavy atom. The van der Waals surface area contributed by atoms with Crippen molar-refractivity contribution in [3.8, 4) is 5.75 Å². The number of amides is 2. The van der Waals surface area contributed by atoms with E-state index in [0.29, 0.717) is 21.4 Å². The molecule has 3 aromatic rings. The number of nitrogens with one attached hydrogen (secondary N) is 1. The van der Waals surface area contributed by atoms with Gasteiger partial charge < -0.3 is 15.0 Å². The third-order valence-corrected chi connectivity index (χ3v) is 8.73. The van der Waals surface area contributed by atoms with Crippen LogP contribution in [0.4, 0.5) is 5.69 Å². The highest BCUT2D eigenvalue weighted by atomic mass is 35.5. The van der Waals surface area contributed by atoms with Crippen molar-refractivity contribution in [2.45, 2.75) is 50.7 Å². The van der Waals surface area contributed by atoms with Gasteiger partial charge in [-0.25, -0.2) is 8.42 Å². The van der Waals surface area contributed by atoms with Crippen LogP contribution in [-0.2, 0) is 26.2 Å². The van der Waals surface area contributed by atoms with Crippen LogP contribution >= 0.6 is 34.8 Å².